The van der Waals surface area contributed by atoms with E-state index in [1.165, 1.54) is 0 Å². The first-order valence-electron chi connectivity index (χ1n) is 14.9. The van der Waals surface area contributed by atoms with Gasteiger partial charge < -0.3 is 28.4 Å². The van der Waals surface area contributed by atoms with Gasteiger partial charge in [0.15, 0.2) is 6.29 Å². The highest BCUT2D eigenvalue weighted by molar-refractivity contribution is 6.67. The second-order valence-corrected chi connectivity index (χ2v) is 13.3. The van der Waals surface area contributed by atoms with Gasteiger partial charge in [-0.3, -0.25) is 0 Å². The molecule has 1 aliphatic rings. The lowest BCUT2D eigenvalue weighted by Gasteiger charge is -2.46. The van der Waals surface area contributed by atoms with Crippen LogP contribution >= 0.6 is 34.8 Å². The summed E-state index contributed by atoms with van der Waals surface area (Å²) in [7, 11) is 0. The molecule has 0 unspecified atom stereocenters. The molecular weight excluding hydrogens is 635 g/mol. The summed E-state index contributed by atoms with van der Waals surface area (Å²) in [6.07, 6.45) is -3.47. The van der Waals surface area contributed by atoms with Gasteiger partial charge in [0.25, 0.3) is 0 Å². The minimum absolute atomic E-state index is 0.207. The molecule has 4 aromatic rings. The molecule has 0 saturated carbocycles. The van der Waals surface area contributed by atoms with E-state index in [2.05, 4.69) is 0 Å². The van der Waals surface area contributed by atoms with Crippen molar-refractivity contribution in [3.05, 3.63) is 144 Å². The first-order valence-corrected chi connectivity index (χ1v) is 16.0. The molecule has 9 heteroatoms. The van der Waals surface area contributed by atoms with Crippen LogP contribution in [0.2, 0.25) is 0 Å². The SMILES string of the molecule is ClC(Cl)(Cl)CO[C@H]1O[C@H](COCc2ccccc2)[C@@H](OCc2ccccc2)[C@H](OCc2ccccc2)[C@H]1OCc1ccccc1. The van der Waals surface area contributed by atoms with Crippen LogP contribution in [0.4, 0.5) is 0 Å². The van der Waals surface area contributed by atoms with Crippen LogP contribution in [-0.4, -0.2) is 47.7 Å². The van der Waals surface area contributed by atoms with Crippen molar-refractivity contribution in [2.75, 3.05) is 13.2 Å². The summed E-state index contributed by atoms with van der Waals surface area (Å²) in [5.74, 6) is 0. The molecule has 1 aliphatic heterocycles. The molecule has 4 aromatic carbocycles. The Morgan fingerprint density at radius 1 is 0.489 bits per heavy atom. The third kappa shape index (κ3) is 11.1. The molecule has 0 aromatic heterocycles. The minimum atomic E-state index is -1.66. The second-order valence-electron chi connectivity index (χ2n) is 10.8. The Morgan fingerprint density at radius 3 is 1.33 bits per heavy atom. The van der Waals surface area contributed by atoms with E-state index in [4.69, 9.17) is 63.2 Å². The van der Waals surface area contributed by atoms with E-state index < -0.39 is 34.5 Å². The molecule has 0 N–H and O–H groups in total. The molecule has 45 heavy (non-hydrogen) atoms. The van der Waals surface area contributed by atoms with Crippen LogP contribution in [0.25, 0.3) is 0 Å². The molecule has 5 atom stereocenters. The smallest absolute Gasteiger partial charge is 0.213 e. The Morgan fingerprint density at radius 2 is 0.889 bits per heavy atom. The predicted octanol–water partition coefficient (Wildman–Crippen LogP) is 8.07. The normalized spacial score (nSPS) is 21.9. The van der Waals surface area contributed by atoms with E-state index in [0.717, 1.165) is 22.3 Å². The van der Waals surface area contributed by atoms with E-state index in [1.807, 2.05) is 121 Å². The first-order chi connectivity index (χ1) is 21.9. The van der Waals surface area contributed by atoms with Crippen molar-refractivity contribution in [2.45, 2.75) is 60.9 Å². The monoisotopic (exact) mass is 670 g/mol. The van der Waals surface area contributed by atoms with E-state index in [-0.39, 0.29) is 19.8 Å². The minimum Gasteiger partial charge on any atom is -0.374 e. The number of rotatable bonds is 15. The van der Waals surface area contributed by atoms with E-state index >= 15 is 0 Å². The Labute approximate surface area is 280 Å². The van der Waals surface area contributed by atoms with Gasteiger partial charge in [-0.1, -0.05) is 156 Å². The molecule has 0 spiro atoms. The molecule has 6 nitrogen and oxygen atoms in total. The maximum atomic E-state index is 6.66. The van der Waals surface area contributed by atoms with Gasteiger partial charge in [0, 0.05) is 0 Å². The average Bonchev–Trinajstić information content (AvgIpc) is 3.06. The number of hydrogen-bond donors (Lipinski definition) is 0. The van der Waals surface area contributed by atoms with Crippen LogP contribution in [0.5, 0.6) is 0 Å². The van der Waals surface area contributed by atoms with Gasteiger partial charge in [-0.15, -0.1) is 0 Å². The van der Waals surface area contributed by atoms with Gasteiger partial charge >= 0.3 is 0 Å². The molecule has 1 fully saturated rings. The maximum absolute atomic E-state index is 6.66. The second kappa shape index (κ2) is 17.4. The number of alkyl halides is 3. The summed E-state index contributed by atoms with van der Waals surface area (Å²) < 4.78 is 37.0. The van der Waals surface area contributed by atoms with Crippen molar-refractivity contribution in [2.24, 2.45) is 0 Å². The first kappa shape index (κ1) is 33.9. The summed E-state index contributed by atoms with van der Waals surface area (Å²) in [6, 6.07) is 39.7. The van der Waals surface area contributed by atoms with E-state index in [9.17, 15) is 0 Å². The van der Waals surface area contributed by atoms with Crippen LogP contribution < -0.4 is 0 Å². The van der Waals surface area contributed by atoms with Gasteiger partial charge in [-0.25, -0.2) is 0 Å². The van der Waals surface area contributed by atoms with Gasteiger partial charge in [0.05, 0.1) is 39.6 Å². The lowest BCUT2D eigenvalue weighted by Crippen LogP contribution is -2.62. The topological polar surface area (TPSA) is 55.4 Å². The maximum Gasteiger partial charge on any atom is 0.213 e. The molecule has 238 valence electrons. The highest BCUT2D eigenvalue weighted by Gasteiger charge is 2.49. The van der Waals surface area contributed by atoms with Crippen molar-refractivity contribution in [3.8, 4) is 0 Å². The Bertz CT molecular complexity index is 1380. The third-order valence-electron chi connectivity index (χ3n) is 7.25. The van der Waals surface area contributed by atoms with Crippen molar-refractivity contribution in [1.29, 1.82) is 0 Å². The molecule has 0 bridgehead atoms. The fraction of sp³-hybridized carbons (Fsp3) is 0.333. The number of benzene rings is 4. The molecule has 5 rings (SSSR count). The molecule has 1 heterocycles. The van der Waals surface area contributed by atoms with E-state index in [0.29, 0.717) is 19.8 Å². The molecule has 0 radical (unpaired) electrons. The zero-order valence-electron chi connectivity index (χ0n) is 24.8. The predicted molar refractivity (Wildman–Crippen MR) is 176 cm³/mol. The summed E-state index contributed by atoms with van der Waals surface area (Å²) in [5.41, 5.74) is 4.04. The lowest BCUT2D eigenvalue weighted by atomic mass is 9.97. The fourth-order valence-corrected chi connectivity index (χ4v) is 5.25. The highest BCUT2D eigenvalue weighted by Crippen LogP contribution is 2.34. The zero-order valence-corrected chi connectivity index (χ0v) is 27.0. The van der Waals surface area contributed by atoms with Crippen LogP contribution in [0, 0.1) is 0 Å². The van der Waals surface area contributed by atoms with Crippen molar-refractivity contribution in [3.63, 3.8) is 0 Å². The van der Waals surface area contributed by atoms with Gasteiger partial charge in [0.2, 0.25) is 3.79 Å². The molecule has 1 saturated heterocycles. The van der Waals surface area contributed by atoms with E-state index in [1.54, 1.807) is 0 Å². The summed E-state index contributed by atoms with van der Waals surface area (Å²) in [6.45, 7) is 1.32. The number of hydrogen-bond acceptors (Lipinski definition) is 6. The molecule has 0 aliphatic carbocycles. The number of ether oxygens (including phenoxy) is 6. The van der Waals surface area contributed by atoms with Crippen molar-refractivity contribution >= 4 is 34.8 Å². The van der Waals surface area contributed by atoms with Gasteiger partial charge in [-0.05, 0) is 22.3 Å². The summed E-state index contributed by atoms with van der Waals surface area (Å²) in [4.78, 5) is 0. The number of halogens is 3. The summed E-state index contributed by atoms with van der Waals surface area (Å²) in [5, 5.41) is 0. The Balaban J connectivity index is 1.43. The van der Waals surface area contributed by atoms with Crippen molar-refractivity contribution < 1.29 is 28.4 Å². The van der Waals surface area contributed by atoms with Crippen LogP contribution in [0.15, 0.2) is 121 Å². The van der Waals surface area contributed by atoms with Crippen LogP contribution in [0.3, 0.4) is 0 Å². The fourth-order valence-electron chi connectivity index (χ4n) is 5.06. The van der Waals surface area contributed by atoms with Crippen LogP contribution in [0.1, 0.15) is 22.3 Å². The zero-order chi connectivity index (χ0) is 31.3. The average molecular weight is 672 g/mol. The largest absolute Gasteiger partial charge is 0.374 e. The molecule has 0 amide bonds. The van der Waals surface area contributed by atoms with Crippen LogP contribution in [-0.2, 0) is 54.8 Å². The van der Waals surface area contributed by atoms with Crippen molar-refractivity contribution in [1.82, 2.24) is 0 Å². The standard InChI is InChI=1S/C36H37Cl3O6/c37-36(38,39)26-44-35-34(43-24-30-19-11-4-12-20-30)33(42-23-29-17-9-3-10-18-29)32(41-22-28-15-7-2-8-16-28)31(45-35)25-40-21-27-13-5-1-6-14-27/h1-20,31-35H,21-26H2/t31-,32-,33+,34-,35+/m1/s1. The Kier molecular flexibility index (Phi) is 13.1. The molecular formula is C36H37Cl3O6. The highest BCUT2D eigenvalue weighted by atomic mass is 35.6. The third-order valence-corrected chi connectivity index (χ3v) is 7.58. The Hall–Kier alpha value is -2.49. The van der Waals surface area contributed by atoms with Gasteiger partial charge in [-0.2, -0.15) is 0 Å². The quantitative estimate of drug-likeness (QED) is 0.119. The van der Waals surface area contributed by atoms with Gasteiger partial charge in [0.1, 0.15) is 24.4 Å². The lowest BCUT2D eigenvalue weighted by molar-refractivity contribution is -0.328. The summed E-state index contributed by atoms with van der Waals surface area (Å²) >= 11 is 18.3.